The number of rotatable bonds is 3. The van der Waals surface area contributed by atoms with E-state index >= 15 is 0 Å². The molecule has 0 radical (unpaired) electrons. The number of fused-ring (bicyclic) bond motifs is 1. The Morgan fingerprint density at radius 3 is 2.52 bits per heavy atom. The molecular formula is C18H22N2O4S. The SMILES string of the molecule is O=C(NC1CCS(=O)(=O)C1)C1(C(=O)N2CCc3ccccc3C2)CC1. The van der Waals surface area contributed by atoms with Crippen LogP contribution < -0.4 is 5.32 Å². The van der Waals surface area contributed by atoms with E-state index in [0.29, 0.717) is 32.4 Å². The van der Waals surface area contributed by atoms with Gasteiger partial charge in [0.1, 0.15) is 5.41 Å². The maximum atomic E-state index is 13.0. The molecule has 2 heterocycles. The quantitative estimate of drug-likeness (QED) is 0.801. The Kier molecular flexibility index (Phi) is 3.86. The maximum absolute atomic E-state index is 13.0. The Bertz CT molecular complexity index is 829. The van der Waals surface area contributed by atoms with Crippen molar-refractivity contribution in [3.8, 4) is 0 Å². The summed E-state index contributed by atoms with van der Waals surface area (Å²) >= 11 is 0. The van der Waals surface area contributed by atoms with Gasteiger partial charge in [0.25, 0.3) is 0 Å². The maximum Gasteiger partial charge on any atom is 0.238 e. The molecule has 4 rings (SSSR count). The lowest BCUT2D eigenvalue weighted by Gasteiger charge is -2.32. The molecule has 7 heteroatoms. The molecule has 1 aromatic carbocycles. The number of nitrogens with zero attached hydrogens (tertiary/aromatic N) is 1. The normalized spacial score (nSPS) is 25.9. The third-order valence-corrected chi connectivity index (χ3v) is 7.35. The van der Waals surface area contributed by atoms with E-state index in [0.717, 1.165) is 12.0 Å². The molecule has 6 nitrogen and oxygen atoms in total. The van der Waals surface area contributed by atoms with Gasteiger partial charge in [0.2, 0.25) is 11.8 Å². The molecule has 0 aromatic heterocycles. The highest BCUT2D eigenvalue weighted by Crippen LogP contribution is 2.48. The highest BCUT2D eigenvalue weighted by atomic mass is 32.2. The minimum Gasteiger partial charge on any atom is -0.351 e. The molecule has 0 spiro atoms. The molecule has 1 unspecified atom stereocenters. The molecule has 1 aromatic rings. The van der Waals surface area contributed by atoms with Crippen LogP contribution in [0.4, 0.5) is 0 Å². The van der Waals surface area contributed by atoms with Crippen molar-refractivity contribution in [1.29, 1.82) is 0 Å². The van der Waals surface area contributed by atoms with Crippen LogP contribution >= 0.6 is 0 Å². The first-order valence-corrected chi connectivity index (χ1v) is 10.6. The molecule has 25 heavy (non-hydrogen) atoms. The summed E-state index contributed by atoms with van der Waals surface area (Å²) < 4.78 is 23.1. The van der Waals surface area contributed by atoms with Crippen LogP contribution in [0.5, 0.6) is 0 Å². The van der Waals surface area contributed by atoms with Crippen molar-refractivity contribution in [1.82, 2.24) is 10.2 Å². The first-order valence-electron chi connectivity index (χ1n) is 8.77. The van der Waals surface area contributed by atoms with Gasteiger partial charge in [0.15, 0.2) is 9.84 Å². The molecule has 0 bridgehead atoms. The summed E-state index contributed by atoms with van der Waals surface area (Å²) in [6, 6.07) is 7.72. The second-order valence-corrected chi connectivity index (χ2v) is 9.63. The summed E-state index contributed by atoms with van der Waals surface area (Å²) in [5.41, 5.74) is 1.43. The number of carbonyl (C=O) groups excluding carboxylic acids is 2. The fourth-order valence-corrected chi connectivity index (χ4v) is 5.54. The molecule has 1 saturated carbocycles. The lowest BCUT2D eigenvalue weighted by Crippen LogP contribution is -2.49. The lowest BCUT2D eigenvalue weighted by atomic mass is 9.96. The van der Waals surface area contributed by atoms with Crippen LogP contribution in [0.15, 0.2) is 24.3 Å². The van der Waals surface area contributed by atoms with Crippen molar-refractivity contribution in [2.24, 2.45) is 5.41 Å². The zero-order valence-corrected chi connectivity index (χ0v) is 14.8. The minimum atomic E-state index is -3.05. The highest BCUT2D eigenvalue weighted by molar-refractivity contribution is 7.91. The van der Waals surface area contributed by atoms with E-state index in [4.69, 9.17) is 0 Å². The summed E-state index contributed by atoms with van der Waals surface area (Å²) in [7, 11) is -3.05. The number of hydrogen-bond acceptors (Lipinski definition) is 4. The fraction of sp³-hybridized carbons (Fsp3) is 0.556. The van der Waals surface area contributed by atoms with Gasteiger partial charge in [-0.25, -0.2) is 8.42 Å². The van der Waals surface area contributed by atoms with Crippen molar-refractivity contribution in [3.63, 3.8) is 0 Å². The number of amides is 2. The summed E-state index contributed by atoms with van der Waals surface area (Å²) in [4.78, 5) is 27.4. The Balaban J connectivity index is 1.44. The van der Waals surface area contributed by atoms with Crippen LogP contribution in [0.3, 0.4) is 0 Å². The summed E-state index contributed by atoms with van der Waals surface area (Å²) in [5, 5.41) is 2.81. The summed E-state index contributed by atoms with van der Waals surface area (Å²) in [5.74, 6) is -0.305. The number of nitrogens with one attached hydrogen (secondary N) is 1. The van der Waals surface area contributed by atoms with Gasteiger partial charge >= 0.3 is 0 Å². The number of carbonyl (C=O) groups is 2. The minimum absolute atomic E-state index is 0.0138. The Morgan fingerprint density at radius 1 is 1.16 bits per heavy atom. The average Bonchev–Trinajstić information content (AvgIpc) is 3.34. The standard InChI is InChI=1S/C18H22N2O4S/c21-16(19-15-6-10-25(23,24)12-15)18(7-8-18)17(22)20-9-5-13-3-1-2-4-14(13)11-20/h1-4,15H,5-12H2,(H,19,21). The number of benzene rings is 1. The highest BCUT2D eigenvalue weighted by Gasteiger charge is 2.58. The van der Waals surface area contributed by atoms with Crippen molar-refractivity contribution in [2.75, 3.05) is 18.1 Å². The van der Waals surface area contributed by atoms with Gasteiger partial charge in [-0.2, -0.15) is 0 Å². The van der Waals surface area contributed by atoms with Gasteiger partial charge in [-0.15, -0.1) is 0 Å². The van der Waals surface area contributed by atoms with E-state index in [9.17, 15) is 18.0 Å². The Morgan fingerprint density at radius 2 is 1.88 bits per heavy atom. The van der Waals surface area contributed by atoms with Crippen LogP contribution in [-0.4, -0.2) is 49.2 Å². The predicted molar refractivity (Wildman–Crippen MR) is 92.4 cm³/mol. The van der Waals surface area contributed by atoms with Crippen molar-refractivity contribution < 1.29 is 18.0 Å². The van der Waals surface area contributed by atoms with Gasteiger partial charge in [-0.3, -0.25) is 9.59 Å². The summed E-state index contributed by atoms with van der Waals surface area (Å²) in [6.45, 7) is 1.17. The molecule has 1 aliphatic carbocycles. The summed E-state index contributed by atoms with van der Waals surface area (Å²) in [6.07, 6.45) is 2.35. The fourth-order valence-electron chi connectivity index (χ4n) is 3.87. The zero-order chi connectivity index (χ0) is 17.7. The smallest absolute Gasteiger partial charge is 0.238 e. The molecule has 2 fully saturated rings. The van der Waals surface area contributed by atoms with Crippen LogP contribution in [0, 0.1) is 5.41 Å². The average molecular weight is 362 g/mol. The van der Waals surface area contributed by atoms with E-state index < -0.39 is 15.3 Å². The van der Waals surface area contributed by atoms with Crippen LogP contribution in [0.2, 0.25) is 0 Å². The van der Waals surface area contributed by atoms with Gasteiger partial charge in [0.05, 0.1) is 11.5 Å². The molecule has 3 aliphatic rings. The largest absolute Gasteiger partial charge is 0.351 e. The van der Waals surface area contributed by atoms with Crippen molar-refractivity contribution >= 4 is 21.7 Å². The molecule has 1 atom stereocenters. The van der Waals surface area contributed by atoms with Crippen molar-refractivity contribution in [2.45, 2.75) is 38.3 Å². The van der Waals surface area contributed by atoms with E-state index in [1.165, 1.54) is 5.56 Å². The Labute approximate surface area is 147 Å². The molecule has 1 saturated heterocycles. The molecule has 1 N–H and O–H groups in total. The van der Waals surface area contributed by atoms with E-state index in [1.807, 2.05) is 18.2 Å². The van der Waals surface area contributed by atoms with E-state index in [2.05, 4.69) is 11.4 Å². The molecular weight excluding hydrogens is 340 g/mol. The topological polar surface area (TPSA) is 83.5 Å². The first kappa shape index (κ1) is 16.6. The lowest BCUT2D eigenvalue weighted by molar-refractivity contribution is -0.145. The number of sulfone groups is 1. The van der Waals surface area contributed by atoms with Crippen LogP contribution in [-0.2, 0) is 32.4 Å². The van der Waals surface area contributed by atoms with E-state index in [-0.39, 0.29) is 29.4 Å². The first-order chi connectivity index (χ1) is 11.9. The predicted octanol–water partition coefficient (Wildman–Crippen LogP) is 0.655. The van der Waals surface area contributed by atoms with Gasteiger partial charge in [-0.05, 0) is 36.8 Å². The second-order valence-electron chi connectivity index (χ2n) is 7.40. The second kappa shape index (κ2) is 5.83. The monoisotopic (exact) mass is 362 g/mol. The molecule has 2 aliphatic heterocycles. The third-order valence-electron chi connectivity index (χ3n) is 5.58. The Hall–Kier alpha value is -1.89. The van der Waals surface area contributed by atoms with Gasteiger partial charge in [-0.1, -0.05) is 24.3 Å². The van der Waals surface area contributed by atoms with Crippen LogP contribution in [0.25, 0.3) is 0 Å². The van der Waals surface area contributed by atoms with Gasteiger partial charge in [0, 0.05) is 19.1 Å². The van der Waals surface area contributed by atoms with Gasteiger partial charge < -0.3 is 10.2 Å². The number of hydrogen-bond donors (Lipinski definition) is 1. The zero-order valence-electron chi connectivity index (χ0n) is 14.0. The third kappa shape index (κ3) is 3.05. The van der Waals surface area contributed by atoms with Crippen LogP contribution in [0.1, 0.15) is 30.4 Å². The van der Waals surface area contributed by atoms with Crippen molar-refractivity contribution in [3.05, 3.63) is 35.4 Å². The molecule has 2 amide bonds. The van der Waals surface area contributed by atoms with E-state index in [1.54, 1.807) is 4.90 Å². The molecule has 134 valence electrons.